The van der Waals surface area contributed by atoms with Crippen LogP contribution < -0.4 is 0 Å². The van der Waals surface area contributed by atoms with Crippen molar-refractivity contribution < 1.29 is 13.6 Å². The third-order valence-electron chi connectivity index (χ3n) is 4.20. The van der Waals surface area contributed by atoms with Crippen LogP contribution in [0.2, 0.25) is 0 Å². The van der Waals surface area contributed by atoms with Gasteiger partial charge in [-0.05, 0) is 42.9 Å². The largest absolute Gasteiger partial charge is 0.337 e. The van der Waals surface area contributed by atoms with E-state index in [1.54, 1.807) is 11.1 Å². The van der Waals surface area contributed by atoms with E-state index in [2.05, 4.69) is 21.2 Å². The van der Waals surface area contributed by atoms with Crippen molar-refractivity contribution in [3.8, 4) is 0 Å². The number of piperidine rings is 1. The summed E-state index contributed by atoms with van der Waals surface area (Å²) in [6.07, 6.45) is 3.72. The number of nitrogens with one attached hydrogen (secondary N) is 1. The highest BCUT2D eigenvalue weighted by molar-refractivity contribution is 5.92. The molecule has 0 saturated carbocycles. The second-order valence-electron chi connectivity index (χ2n) is 5.81. The zero-order chi connectivity index (χ0) is 16.2. The molecule has 7 heteroatoms. The molecule has 1 saturated heterocycles. The Morgan fingerprint density at radius 3 is 2.78 bits per heavy atom. The van der Waals surface area contributed by atoms with Crippen molar-refractivity contribution in [3.63, 3.8) is 0 Å². The molecule has 0 bridgehead atoms. The maximum atomic E-state index is 12.5. The Labute approximate surface area is 132 Å². The van der Waals surface area contributed by atoms with Crippen molar-refractivity contribution in [2.75, 3.05) is 13.1 Å². The van der Waals surface area contributed by atoms with Gasteiger partial charge in [0, 0.05) is 25.5 Å². The lowest BCUT2D eigenvalue weighted by Gasteiger charge is -2.31. The molecule has 2 aromatic heterocycles. The van der Waals surface area contributed by atoms with Crippen LogP contribution in [0.5, 0.6) is 0 Å². The minimum absolute atomic E-state index is 0.0611. The zero-order valence-electron chi connectivity index (χ0n) is 12.6. The van der Waals surface area contributed by atoms with Crippen molar-refractivity contribution in [1.82, 2.24) is 20.1 Å². The summed E-state index contributed by atoms with van der Waals surface area (Å²) in [7, 11) is 0. The van der Waals surface area contributed by atoms with Crippen LogP contribution in [0.25, 0.3) is 0 Å². The van der Waals surface area contributed by atoms with E-state index in [-0.39, 0.29) is 17.3 Å². The van der Waals surface area contributed by atoms with E-state index in [4.69, 9.17) is 0 Å². The zero-order valence-corrected chi connectivity index (χ0v) is 12.6. The highest BCUT2D eigenvalue weighted by Gasteiger charge is 2.26. The summed E-state index contributed by atoms with van der Waals surface area (Å²) < 4.78 is 25.1. The number of carbonyl (C=O) groups is 1. The number of rotatable bonds is 4. The third kappa shape index (κ3) is 3.72. The molecule has 1 aliphatic heterocycles. The number of carbonyl (C=O) groups excluding carboxylic acids is 1. The van der Waals surface area contributed by atoms with Crippen LogP contribution in [-0.4, -0.2) is 39.1 Å². The molecular weight excluding hydrogens is 302 g/mol. The minimum Gasteiger partial charge on any atom is -0.337 e. The van der Waals surface area contributed by atoms with Gasteiger partial charge in [-0.2, -0.15) is 5.10 Å². The molecule has 0 unspecified atom stereocenters. The van der Waals surface area contributed by atoms with Gasteiger partial charge in [-0.1, -0.05) is 6.07 Å². The second kappa shape index (κ2) is 6.85. The Balaban J connectivity index is 1.54. The lowest BCUT2D eigenvalue weighted by atomic mass is 9.90. The Kier molecular flexibility index (Phi) is 4.64. The summed E-state index contributed by atoms with van der Waals surface area (Å²) in [5.41, 5.74) is 0.942. The van der Waals surface area contributed by atoms with Crippen LogP contribution in [0.1, 0.15) is 41.0 Å². The van der Waals surface area contributed by atoms with Gasteiger partial charge in [0.1, 0.15) is 5.69 Å². The highest BCUT2D eigenvalue weighted by atomic mass is 19.3. The first-order valence-electron chi connectivity index (χ1n) is 7.65. The van der Waals surface area contributed by atoms with Gasteiger partial charge >= 0.3 is 0 Å². The highest BCUT2D eigenvalue weighted by Crippen LogP contribution is 2.23. The molecule has 0 spiro atoms. The molecule has 2 aromatic rings. The summed E-state index contributed by atoms with van der Waals surface area (Å²) in [6, 6.07) is 5.11. The van der Waals surface area contributed by atoms with Gasteiger partial charge in [0.15, 0.2) is 5.69 Å². The Hall–Kier alpha value is -2.31. The van der Waals surface area contributed by atoms with E-state index in [0.717, 1.165) is 25.3 Å². The van der Waals surface area contributed by atoms with E-state index in [1.165, 1.54) is 5.56 Å². The molecule has 23 heavy (non-hydrogen) atoms. The minimum atomic E-state index is -2.64. The van der Waals surface area contributed by atoms with Crippen LogP contribution in [-0.2, 0) is 6.42 Å². The Morgan fingerprint density at radius 1 is 1.39 bits per heavy atom. The Morgan fingerprint density at radius 2 is 2.17 bits per heavy atom. The first-order valence-corrected chi connectivity index (χ1v) is 7.65. The number of H-pyrrole nitrogens is 1. The summed E-state index contributed by atoms with van der Waals surface area (Å²) in [5, 5.41) is 5.91. The number of pyridine rings is 1. The van der Waals surface area contributed by atoms with Gasteiger partial charge in [-0.3, -0.25) is 14.9 Å². The Bertz CT molecular complexity index is 651. The van der Waals surface area contributed by atoms with Crippen LogP contribution in [0.15, 0.2) is 30.6 Å². The second-order valence-corrected chi connectivity index (χ2v) is 5.81. The number of halogens is 2. The molecule has 1 amide bonds. The first kappa shape index (κ1) is 15.6. The van der Waals surface area contributed by atoms with Gasteiger partial charge in [-0.15, -0.1) is 0 Å². The SMILES string of the molecule is O=C(c1cc(C(F)F)[nH]n1)N1CCC(Cc2cccnc2)CC1. The molecule has 0 aromatic carbocycles. The number of alkyl halides is 2. The van der Waals surface area contributed by atoms with Gasteiger partial charge < -0.3 is 4.90 Å². The summed E-state index contributed by atoms with van der Waals surface area (Å²) in [4.78, 5) is 18.1. The summed E-state index contributed by atoms with van der Waals surface area (Å²) >= 11 is 0. The predicted octanol–water partition coefficient (Wildman–Crippen LogP) is 2.84. The van der Waals surface area contributed by atoms with Gasteiger partial charge in [0.05, 0.1) is 0 Å². The van der Waals surface area contributed by atoms with Crippen molar-refractivity contribution in [3.05, 3.63) is 47.5 Å². The molecule has 0 aliphatic carbocycles. The fraction of sp³-hybridized carbons (Fsp3) is 0.438. The third-order valence-corrected chi connectivity index (χ3v) is 4.20. The molecule has 1 N–H and O–H groups in total. The monoisotopic (exact) mass is 320 g/mol. The molecule has 3 heterocycles. The normalized spacial score (nSPS) is 16.0. The summed E-state index contributed by atoms with van der Waals surface area (Å²) in [6.45, 7) is 1.25. The molecular formula is C16H18F2N4O. The van der Waals surface area contributed by atoms with Gasteiger partial charge in [0.2, 0.25) is 0 Å². The van der Waals surface area contributed by atoms with E-state index in [1.807, 2.05) is 12.3 Å². The number of likely N-dealkylation sites (tertiary alicyclic amines) is 1. The van der Waals surface area contributed by atoms with Gasteiger partial charge in [0.25, 0.3) is 12.3 Å². The number of nitrogens with zero attached hydrogens (tertiary/aromatic N) is 3. The van der Waals surface area contributed by atoms with Crippen LogP contribution in [0, 0.1) is 5.92 Å². The molecule has 1 fully saturated rings. The molecule has 1 aliphatic rings. The van der Waals surface area contributed by atoms with E-state index < -0.39 is 6.43 Å². The molecule has 3 rings (SSSR count). The van der Waals surface area contributed by atoms with Crippen LogP contribution in [0.3, 0.4) is 0 Å². The van der Waals surface area contributed by atoms with Crippen LogP contribution >= 0.6 is 0 Å². The fourth-order valence-electron chi connectivity index (χ4n) is 2.91. The number of hydrogen-bond acceptors (Lipinski definition) is 3. The number of amides is 1. The molecule has 5 nitrogen and oxygen atoms in total. The van der Waals surface area contributed by atoms with Crippen molar-refractivity contribution in [2.24, 2.45) is 5.92 Å². The molecule has 122 valence electrons. The maximum absolute atomic E-state index is 12.5. The molecule has 0 radical (unpaired) electrons. The van der Waals surface area contributed by atoms with Crippen molar-refractivity contribution in [1.29, 1.82) is 0 Å². The van der Waals surface area contributed by atoms with E-state index in [0.29, 0.717) is 19.0 Å². The predicted molar refractivity (Wildman–Crippen MR) is 80.1 cm³/mol. The standard InChI is InChI=1S/C16H18F2N4O/c17-15(18)13-9-14(21-20-13)16(23)22-6-3-11(4-7-22)8-12-2-1-5-19-10-12/h1-2,5,9-11,15H,3-4,6-8H2,(H,20,21). The fourth-order valence-corrected chi connectivity index (χ4v) is 2.91. The van der Waals surface area contributed by atoms with Crippen LogP contribution in [0.4, 0.5) is 8.78 Å². The van der Waals surface area contributed by atoms with Crippen molar-refractivity contribution in [2.45, 2.75) is 25.7 Å². The van der Waals surface area contributed by atoms with Crippen molar-refractivity contribution >= 4 is 5.91 Å². The first-order chi connectivity index (χ1) is 11.1. The lowest BCUT2D eigenvalue weighted by molar-refractivity contribution is 0.0684. The maximum Gasteiger partial charge on any atom is 0.279 e. The number of aromatic amines is 1. The smallest absolute Gasteiger partial charge is 0.279 e. The lowest BCUT2D eigenvalue weighted by Crippen LogP contribution is -2.39. The average molecular weight is 320 g/mol. The molecule has 0 atom stereocenters. The topological polar surface area (TPSA) is 61.9 Å². The average Bonchev–Trinajstić information content (AvgIpc) is 3.06. The van der Waals surface area contributed by atoms with E-state index >= 15 is 0 Å². The number of aromatic nitrogens is 3. The van der Waals surface area contributed by atoms with E-state index in [9.17, 15) is 13.6 Å². The summed E-state index contributed by atoms with van der Waals surface area (Å²) in [5.74, 6) is 0.229. The number of hydrogen-bond donors (Lipinski definition) is 1. The van der Waals surface area contributed by atoms with Gasteiger partial charge in [-0.25, -0.2) is 8.78 Å². The quantitative estimate of drug-likeness (QED) is 0.942.